The normalized spacial score (nSPS) is 15.0. The summed E-state index contributed by atoms with van der Waals surface area (Å²) in [6.07, 6.45) is 0. The van der Waals surface area contributed by atoms with Gasteiger partial charge in [0.15, 0.2) is 0 Å². The fourth-order valence-corrected chi connectivity index (χ4v) is 5.25. The highest BCUT2D eigenvalue weighted by Crippen LogP contribution is 2.48. The monoisotopic (exact) mass is 404 g/mol. The van der Waals surface area contributed by atoms with Gasteiger partial charge < -0.3 is 5.11 Å². The predicted octanol–water partition coefficient (Wildman–Crippen LogP) is 8.44. The Morgan fingerprint density at radius 3 is 1.97 bits per heavy atom. The molecule has 1 N–H and O–H groups in total. The van der Waals surface area contributed by atoms with Gasteiger partial charge in [-0.2, -0.15) is 0 Å². The van der Waals surface area contributed by atoms with Gasteiger partial charge in [-0.3, -0.25) is 0 Å². The summed E-state index contributed by atoms with van der Waals surface area (Å²) in [4.78, 5) is 0. The van der Waals surface area contributed by atoms with Crippen LogP contribution in [0.25, 0.3) is 32.7 Å². The van der Waals surface area contributed by atoms with E-state index in [2.05, 4.69) is 89.2 Å². The molecular formula is C30H28O. The van der Waals surface area contributed by atoms with Crippen LogP contribution < -0.4 is 0 Å². The third-order valence-corrected chi connectivity index (χ3v) is 7.26. The lowest BCUT2D eigenvalue weighted by Crippen LogP contribution is -2.03. The summed E-state index contributed by atoms with van der Waals surface area (Å²) in [5, 5.41) is 15.7. The molecule has 1 heteroatoms. The molecule has 0 bridgehead atoms. The summed E-state index contributed by atoms with van der Waals surface area (Å²) >= 11 is 0. The van der Waals surface area contributed by atoms with Gasteiger partial charge in [-0.05, 0) is 96.6 Å². The first-order chi connectivity index (χ1) is 14.9. The number of phenolic OH excluding ortho intramolecular Hbond substituents is 1. The number of rotatable bonds is 2. The molecule has 1 aliphatic carbocycles. The maximum Gasteiger partial charge on any atom is 0.124 e. The van der Waals surface area contributed by atoms with Gasteiger partial charge in [0.1, 0.15) is 5.75 Å². The van der Waals surface area contributed by atoms with Gasteiger partial charge in [-0.1, -0.05) is 65.2 Å². The molecule has 0 aliphatic heterocycles. The lowest BCUT2D eigenvalue weighted by Gasteiger charge is -2.22. The van der Waals surface area contributed by atoms with Crippen molar-refractivity contribution in [2.75, 3.05) is 0 Å². The van der Waals surface area contributed by atoms with Gasteiger partial charge in [-0.15, -0.1) is 0 Å². The van der Waals surface area contributed by atoms with Gasteiger partial charge in [0.2, 0.25) is 0 Å². The Labute approximate surface area is 184 Å². The molecule has 4 aromatic carbocycles. The standard InChI is InChI=1S/C30H28O/c1-17-10-12-25(27(14-17)29-20(4)18(2)19(3)21(29)5)30-26-16-23-9-7-6-8-22(23)15-24(26)11-13-28(30)31/h6-16,29,31H,1-5H3. The summed E-state index contributed by atoms with van der Waals surface area (Å²) in [7, 11) is 0. The average molecular weight is 405 g/mol. The minimum atomic E-state index is 0.255. The molecule has 0 amide bonds. The van der Waals surface area contributed by atoms with E-state index in [1.807, 2.05) is 12.1 Å². The van der Waals surface area contributed by atoms with Crippen LogP contribution in [0, 0.1) is 6.92 Å². The molecule has 0 atom stereocenters. The number of aromatic hydroxyl groups is 1. The quantitative estimate of drug-likeness (QED) is 0.332. The highest BCUT2D eigenvalue weighted by atomic mass is 16.3. The predicted molar refractivity (Wildman–Crippen MR) is 133 cm³/mol. The lowest BCUT2D eigenvalue weighted by molar-refractivity contribution is 0.478. The summed E-state index contributed by atoms with van der Waals surface area (Å²) in [6, 6.07) is 23.4. The van der Waals surface area contributed by atoms with Crippen molar-refractivity contribution in [3.05, 3.63) is 100 Å². The molecule has 5 rings (SSSR count). The van der Waals surface area contributed by atoms with Crippen molar-refractivity contribution in [3.8, 4) is 16.9 Å². The van der Waals surface area contributed by atoms with E-state index in [9.17, 15) is 5.11 Å². The molecule has 0 saturated carbocycles. The second-order valence-corrected chi connectivity index (χ2v) is 9.02. The highest BCUT2D eigenvalue weighted by molar-refractivity contribution is 6.07. The van der Waals surface area contributed by atoms with E-state index < -0.39 is 0 Å². The van der Waals surface area contributed by atoms with Crippen LogP contribution in [0.3, 0.4) is 0 Å². The average Bonchev–Trinajstić information content (AvgIpc) is 2.95. The lowest BCUT2D eigenvalue weighted by atomic mass is 9.82. The summed E-state index contributed by atoms with van der Waals surface area (Å²) in [5.41, 5.74) is 10.2. The van der Waals surface area contributed by atoms with Gasteiger partial charge in [-0.25, -0.2) is 0 Å². The van der Waals surface area contributed by atoms with Crippen molar-refractivity contribution in [3.63, 3.8) is 0 Å². The molecule has 4 aromatic rings. The molecule has 31 heavy (non-hydrogen) atoms. The van der Waals surface area contributed by atoms with E-state index >= 15 is 0 Å². The number of aryl methyl sites for hydroxylation is 1. The molecule has 0 unspecified atom stereocenters. The SMILES string of the molecule is CC1=C(C)C(c2cc(C)ccc2-c2c(O)ccc3cc4ccccc4cc23)C(C)=C1C. The van der Waals surface area contributed by atoms with Crippen LogP contribution in [-0.2, 0) is 0 Å². The zero-order valence-electron chi connectivity index (χ0n) is 18.9. The second-order valence-electron chi connectivity index (χ2n) is 9.02. The zero-order chi connectivity index (χ0) is 21.9. The van der Waals surface area contributed by atoms with Crippen LogP contribution in [-0.4, -0.2) is 5.11 Å². The Bertz CT molecular complexity index is 1410. The van der Waals surface area contributed by atoms with Crippen molar-refractivity contribution >= 4 is 21.5 Å². The Morgan fingerprint density at radius 2 is 1.29 bits per heavy atom. The molecule has 154 valence electrons. The number of hydrogen-bond donors (Lipinski definition) is 1. The van der Waals surface area contributed by atoms with Crippen molar-refractivity contribution in [2.45, 2.75) is 40.5 Å². The summed E-state index contributed by atoms with van der Waals surface area (Å²) < 4.78 is 0. The Kier molecular flexibility index (Phi) is 4.51. The molecule has 1 aliphatic rings. The second kappa shape index (κ2) is 7.13. The Hall–Kier alpha value is -3.32. The number of phenols is 1. The van der Waals surface area contributed by atoms with E-state index in [4.69, 9.17) is 0 Å². The molecule has 0 fully saturated rings. The molecule has 0 radical (unpaired) electrons. The Morgan fingerprint density at radius 1 is 0.645 bits per heavy atom. The molecule has 1 nitrogen and oxygen atoms in total. The van der Waals surface area contributed by atoms with Gasteiger partial charge in [0.25, 0.3) is 0 Å². The summed E-state index contributed by atoms with van der Waals surface area (Å²) in [6.45, 7) is 11.1. The molecular weight excluding hydrogens is 376 g/mol. The van der Waals surface area contributed by atoms with Gasteiger partial charge in [0.05, 0.1) is 0 Å². The first-order valence-corrected chi connectivity index (χ1v) is 11.0. The first kappa shape index (κ1) is 19.6. The van der Waals surface area contributed by atoms with Crippen molar-refractivity contribution in [1.29, 1.82) is 0 Å². The van der Waals surface area contributed by atoms with Crippen molar-refractivity contribution in [2.24, 2.45) is 0 Å². The molecule has 0 saturated heterocycles. The first-order valence-electron chi connectivity index (χ1n) is 11.0. The molecule has 0 spiro atoms. The number of fused-ring (bicyclic) bond motifs is 2. The van der Waals surface area contributed by atoms with Gasteiger partial charge >= 0.3 is 0 Å². The minimum Gasteiger partial charge on any atom is -0.507 e. The van der Waals surface area contributed by atoms with Crippen LogP contribution in [0.1, 0.15) is 44.7 Å². The van der Waals surface area contributed by atoms with Gasteiger partial charge in [0, 0.05) is 11.5 Å². The number of allylic oxidation sites excluding steroid dienone is 4. The smallest absolute Gasteiger partial charge is 0.124 e. The maximum atomic E-state index is 11.1. The molecule has 0 heterocycles. The van der Waals surface area contributed by atoms with E-state index in [-0.39, 0.29) is 5.92 Å². The maximum absolute atomic E-state index is 11.1. The third kappa shape index (κ3) is 2.99. The topological polar surface area (TPSA) is 20.2 Å². The molecule has 0 aromatic heterocycles. The summed E-state index contributed by atoms with van der Waals surface area (Å²) in [5.74, 6) is 0.590. The highest BCUT2D eigenvalue weighted by Gasteiger charge is 2.29. The van der Waals surface area contributed by atoms with Crippen LogP contribution in [0.4, 0.5) is 0 Å². The number of hydrogen-bond acceptors (Lipinski definition) is 1. The fraction of sp³-hybridized carbons (Fsp3) is 0.200. The third-order valence-electron chi connectivity index (χ3n) is 7.26. The number of benzene rings is 4. The van der Waals surface area contributed by atoms with Crippen LogP contribution in [0.15, 0.2) is 89.0 Å². The zero-order valence-corrected chi connectivity index (χ0v) is 18.9. The minimum absolute atomic E-state index is 0.255. The largest absolute Gasteiger partial charge is 0.507 e. The fourth-order valence-electron chi connectivity index (χ4n) is 5.25. The van der Waals surface area contributed by atoms with Crippen molar-refractivity contribution < 1.29 is 5.11 Å². The Balaban J connectivity index is 1.85. The van der Waals surface area contributed by atoms with Crippen molar-refractivity contribution in [1.82, 2.24) is 0 Å². The van der Waals surface area contributed by atoms with Crippen LogP contribution >= 0.6 is 0 Å². The van der Waals surface area contributed by atoms with E-state index in [1.165, 1.54) is 44.2 Å². The van der Waals surface area contributed by atoms with Crippen LogP contribution in [0.2, 0.25) is 0 Å². The van der Waals surface area contributed by atoms with E-state index in [1.54, 1.807) is 0 Å². The van der Waals surface area contributed by atoms with Crippen LogP contribution in [0.5, 0.6) is 5.75 Å². The van der Waals surface area contributed by atoms with E-state index in [0.717, 1.165) is 21.9 Å². The van der Waals surface area contributed by atoms with E-state index in [0.29, 0.717) is 5.75 Å².